The van der Waals surface area contributed by atoms with Gasteiger partial charge in [0.1, 0.15) is 25.0 Å². The number of aryl methyl sites for hydroxylation is 1. The first-order valence-corrected chi connectivity index (χ1v) is 23.1. The number of carbonyl (C=O) groups is 2. The maximum atomic E-state index is 13.1. The van der Waals surface area contributed by atoms with Crippen molar-refractivity contribution in [3.05, 3.63) is 32.6 Å². The van der Waals surface area contributed by atoms with Gasteiger partial charge in [0, 0.05) is 31.0 Å². The monoisotopic (exact) mass is 816 g/mol. The lowest BCUT2D eigenvalue weighted by atomic mass is 10.1. The van der Waals surface area contributed by atoms with E-state index in [1.165, 1.54) is 103 Å². The number of aromatic amines is 1. The summed E-state index contributed by atoms with van der Waals surface area (Å²) >= 11 is 0. The summed E-state index contributed by atoms with van der Waals surface area (Å²) in [5, 5.41) is 9.87. The summed E-state index contributed by atoms with van der Waals surface area (Å²) in [4.78, 5) is 62.4. The van der Waals surface area contributed by atoms with Gasteiger partial charge < -0.3 is 24.2 Å². The van der Waals surface area contributed by atoms with Crippen molar-refractivity contribution >= 4 is 19.8 Å². The zero-order chi connectivity index (χ0) is 41.0. The summed E-state index contributed by atoms with van der Waals surface area (Å²) in [5.41, 5.74) is -1.06. The molecule has 1 aliphatic rings. The number of hydrogen-bond acceptors (Lipinski definition) is 11. The number of ether oxygens (including phenoxy) is 3. The summed E-state index contributed by atoms with van der Waals surface area (Å²) in [6.07, 6.45) is 22.2. The standard InChI is InChI=1S/C41H73N2O12P/c1-4-6-8-10-12-14-16-18-20-22-24-26-38(45)51-31-34(53-39(46)27-25-23-21-19-17-15-13-11-9-7-5-2)32-52-56(49,50)55-35-28-37(54-36(35)30-44)43-29-33(3)40(47)42-41(43)48/h29,34-37,44H,4-28,30-32H2,1-3H3,(H,49,50)(H,42,47,48)/t34-,35+,36-,37-/m1/s1. The van der Waals surface area contributed by atoms with Crippen LogP contribution in [0.25, 0.3) is 0 Å². The molecule has 2 heterocycles. The Morgan fingerprint density at radius 1 is 0.804 bits per heavy atom. The molecule has 56 heavy (non-hydrogen) atoms. The molecule has 1 aromatic heterocycles. The van der Waals surface area contributed by atoms with Crippen molar-refractivity contribution in [1.82, 2.24) is 9.55 Å². The first-order valence-electron chi connectivity index (χ1n) is 21.6. The normalized spacial score (nSPS) is 18.5. The second-order valence-corrected chi connectivity index (χ2v) is 16.7. The van der Waals surface area contributed by atoms with Crippen LogP contribution in [0.3, 0.4) is 0 Å². The molecule has 15 heteroatoms. The molecule has 1 fully saturated rings. The molecule has 0 bridgehead atoms. The van der Waals surface area contributed by atoms with E-state index in [0.29, 0.717) is 12.8 Å². The van der Waals surface area contributed by atoms with Gasteiger partial charge >= 0.3 is 25.5 Å². The fraction of sp³-hybridized carbons (Fsp3) is 0.854. The first kappa shape index (κ1) is 49.8. The zero-order valence-corrected chi connectivity index (χ0v) is 35.5. The van der Waals surface area contributed by atoms with Gasteiger partial charge in [0.25, 0.3) is 5.56 Å². The van der Waals surface area contributed by atoms with Gasteiger partial charge in [-0.3, -0.25) is 33.0 Å². The van der Waals surface area contributed by atoms with Crippen molar-refractivity contribution in [2.45, 2.75) is 206 Å². The molecule has 1 aliphatic heterocycles. The van der Waals surface area contributed by atoms with Crippen LogP contribution in [0.2, 0.25) is 0 Å². The van der Waals surface area contributed by atoms with Crippen LogP contribution in [0.4, 0.5) is 0 Å². The predicted octanol–water partition coefficient (Wildman–Crippen LogP) is 8.48. The molecule has 0 aliphatic carbocycles. The number of aliphatic hydroxyl groups excluding tert-OH is 1. The van der Waals surface area contributed by atoms with Gasteiger partial charge in [0.15, 0.2) is 6.10 Å². The van der Waals surface area contributed by atoms with Crippen LogP contribution in [-0.4, -0.2) is 69.6 Å². The molecule has 3 N–H and O–H groups in total. The summed E-state index contributed by atoms with van der Waals surface area (Å²) in [7, 11) is -4.84. The van der Waals surface area contributed by atoms with Crippen molar-refractivity contribution in [3.8, 4) is 0 Å². The van der Waals surface area contributed by atoms with Crippen LogP contribution < -0.4 is 11.2 Å². The quantitative estimate of drug-likeness (QED) is 0.0342. The van der Waals surface area contributed by atoms with Crippen molar-refractivity contribution in [2.24, 2.45) is 0 Å². The lowest BCUT2D eigenvalue weighted by Crippen LogP contribution is -2.33. The van der Waals surface area contributed by atoms with Gasteiger partial charge in [0.2, 0.25) is 0 Å². The van der Waals surface area contributed by atoms with Crippen molar-refractivity contribution in [3.63, 3.8) is 0 Å². The topological polar surface area (TPSA) is 193 Å². The van der Waals surface area contributed by atoms with E-state index in [1.54, 1.807) is 0 Å². The van der Waals surface area contributed by atoms with E-state index in [2.05, 4.69) is 18.8 Å². The minimum absolute atomic E-state index is 0.113. The van der Waals surface area contributed by atoms with E-state index in [4.69, 9.17) is 23.3 Å². The Hall–Kier alpha value is -2.35. The molecule has 324 valence electrons. The van der Waals surface area contributed by atoms with Crippen LogP contribution in [0.1, 0.15) is 186 Å². The van der Waals surface area contributed by atoms with E-state index < -0.39 is 68.8 Å². The number of nitrogens with zero attached hydrogens (tertiary/aromatic N) is 1. The Labute approximate surface area is 334 Å². The number of H-pyrrole nitrogens is 1. The number of unbranched alkanes of at least 4 members (excludes halogenated alkanes) is 20. The van der Waals surface area contributed by atoms with Gasteiger partial charge in [-0.05, 0) is 19.8 Å². The molecule has 0 spiro atoms. The van der Waals surface area contributed by atoms with Crippen molar-refractivity contribution in [2.75, 3.05) is 19.8 Å². The number of rotatable bonds is 34. The SMILES string of the molecule is CCCCCCCCCCCCCC(=O)OC[C@H](COP(=O)(O)O[C@H]1C[C@H](n2cc(C)c(=O)[nH]c2=O)O[C@@H]1CO)OC(=O)CCCCCCCCCCCCC. The highest BCUT2D eigenvalue weighted by atomic mass is 31.2. The van der Waals surface area contributed by atoms with E-state index in [9.17, 15) is 33.7 Å². The van der Waals surface area contributed by atoms with Gasteiger partial charge in [0.05, 0.1) is 13.2 Å². The number of aromatic nitrogens is 2. The fourth-order valence-electron chi connectivity index (χ4n) is 6.81. The third-order valence-corrected chi connectivity index (χ3v) is 11.2. The lowest BCUT2D eigenvalue weighted by molar-refractivity contribution is -0.161. The molecule has 1 saturated heterocycles. The van der Waals surface area contributed by atoms with Crippen LogP contribution in [-0.2, 0) is 37.4 Å². The highest BCUT2D eigenvalue weighted by Gasteiger charge is 2.42. The first-order chi connectivity index (χ1) is 27.0. The summed E-state index contributed by atoms with van der Waals surface area (Å²) in [6, 6.07) is 0. The number of carbonyl (C=O) groups excluding carboxylic acids is 2. The Bertz CT molecular complexity index is 1380. The average Bonchev–Trinajstić information content (AvgIpc) is 3.56. The fourth-order valence-corrected chi connectivity index (χ4v) is 7.79. The van der Waals surface area contributed by atoms with Gasteiger partial charge in [-0.15, -0.1) is 0 Å². The Morgan fingerprint density at radius 3 is 1.79 bits per heavy atom. The Kier molecular flexibility index (Phi) is 26.5. The van der Waals surface area contributed by atoms with Gasteiger partial charge in [-0.25, -0.2) is 9.36 Å². The van der Waals surface area contributed by atoms with E-state index in [0.717, 1.165) is 43.1 Å². The maximum absolute atomic E-state index is 13.1. The minimum Gasteiger partial charge on any atom is -0.462 e. The molecule has 0 saturated carbocycles. The summed E-state index contributed by atoms with van der Waals surface area (Å²) < 4.78 is 41.5. The zero-order valence-electron chi connectivity index (χ0n) is 34.6. The molecule has 1 unspecified atom stereocenters. The molecule has 14 nitrogen and oxygen atoms in total. The molecular formula is C41H73N2O12P. The largest absolute Gasteiger partial charge is 0.472 e. The molecule has 2 rings (SSSR count). The second kappa shape index (κ2) is 29.8. The number of esters is 2. The number of nitrogens with one attached hydrogen (secondary N) is 1. The number of hydrogen-bond donors (Lipinski definition) is 3. The van der Waals surface area contributed by atoms with E-state index in [1.807, 2.05) is 0 Å². The molecule has 0 aromatic carbocycles. The molecule has 5 atom stereocenters. The maximum Gasteiger partial charge on any atom is 0.472 e. The highest BCUT2D eigenvalue weighted by Crippen LogP contribution is 2.48. The minimum atomic E-state index is -4.84. The predicted molar refractivity (Wildman–Crippen MR) is 215 cm³/mol. The van der Waals surface area contributed by atoms with Gasteiger partial charge in [-0.2, -0.15) is 0 Å². The molecular weight excluding hydrogens is 743 g/mol. The third kappa shape index (κ3) is 22.0. The highest BCUT2D eigenvalue weighted by molar-refractivity contribution is 7.47. The second-order valence-electron chi connectivity index (χ2n) is 15.3. The third-order valence-electron chi connectivity index (χ3n) is 10.2. The van der Waals surface area contributed by atoms with Crippen LogP contribution in [0.5, 0.6) is 0 Å². The summed E-state index contributed by atoms with van der Waals surface area (Å²) in [5.74, 6) is -0.984. The van der Waals surface area contributed by atoms with Crippen molar-refractivity contribution < 1.29 is 47.4 Å². The average molecular weight is 817 g/mol. The van der Waals surface area contributed by atoms with Crippen LogP contribution in [0.15, 0.2) is 15.8 Å². The van der Waals surface area contributed by atoms with Crippen LogP contribution >= 0.6 is 7.82 Å². The Morgan fingerprint density at radius 2 is 1.29 bits per heavy atom. The summed E-state index contributed by atoms with van der Waals surface area (Å²) in [6.45, 7) is 4.40. The molecule has 1 aromatic rings. The smallest absolute Gasteiger partial charge is 0.462 e. The number of phosphoric acid groups is 1. The van der Waals surface area contributed by atoms with Crippen LogP contribution in [0, 0.1) is 6.92 Å². The number of aliphatic hydroxyl groups is 1. The molecule has 0 amide bonds. The molecule has 0 radical (unpaired) electrons. The van der Waals surface area contributed by atoms with E-state index in [-0.39, 0.29) is 31.4 Å². The Balaban J connectivity index is 1.85. The van der Waals surface area contributed by atoms with Crippen molar-refractivity contribution in [1.29, 1.82) is 0 Å². The van der Waals surface area contributed by atoms with E-state index >= 15 is 0 Å². The lowest BCUT2D eigenvalue weighted by Gasteiger charge is -2.22. The van der Waals surface area contributed by atoms with Gasteiger partial charge in [-0.1, -0.05) is 142 Å². The number of phosphoric ester groups is 1.